The summed E-state index contributed by atoms with van der Waals surface area (Å²) in [6.07, 6.45) is 2.98. The predicted octanol–water partition coefficient (Wildman–Crippen LogP) is 6.35. The number of hydrogen-bond acceptors (Lipinski definition) is 4. The number of carbonyl (C=O) groups excluding carboxylic acids is 1. The second kappa shape index (κ2) is 9.20. The van der Waals surface area contributed by atoms with Crippen molar-refractivity contribution >= 4 is 63.5 Å². The van der Waals surface area contributed by atoms with Gasteiger partial charge in [0.2, 0.25) is 5.91 Å². The lowest BCUT2D eigenvalue weighted by Gasteiger charge is -2.08. The van der Waals surface area contributed by atoms with E-state index in [4.69, 9.17) is 39.5 Å². The number of carbonyl (C=O) groups is 1. The maximum atomic E-state index is 12.5. The second-order valence-corrected chi connectivity index (χ2v) is 8.23. The molecule has 0 bridgehead atoms. The van der Waals surface area contributed by atoms with Crippen LogP contribution in [0.5, 0.6) is 5.75 Å². The number of ether oxygens (including phenoxy) is 1. The van der Waals surface area contributed by atoms with E-state index in [0.717, 1.165) is 11.3 Å². The molecule has 6 nitrogen and oxygen atoms in total. The van der Waals surface area contributed by atoms with Crippen molar-refractivity contribution in [1.29, 1.82) is 0 Å². The first-order chi connectivity index (χ1) is 15.3. The van der Waals surface area contributed by atoms with E-state index in [2.05, 4.69) is 15.5 Å². The average Bonchev–Trinajstić information content (AvgIpc) is 3.15. The minimum Gasteiger partial charge on any atom is -0.495 e. The number of hydrogen-bond donors (Lipinski definition) is 1. The van der Waals surface area contributed by atoms with E-state index in [1.54, 1.807) is 36.4 Å². The van der Waals surface area contributed by atoms with Crippen LogP contribution in [0.3, 0.4) is 0 Å². The molecule has 0 aliphatic rings. The van der Waals surface area contributed by atoms with Crippen LogP contribution in [-0.4, -0.2) is 28.0 Å². The molecule has 1 heterocycles. The van der Waals surface area contributed by atoms with Crippen LogP contribution in [-0.2, 0) is 4.79 Å². The Morgan fingerprint density at radius 2 is 1.69 bits per heavy atom. The monoisotopic (exact) mass is 486 g/mol. The Morgan fingerprint density at radius 3 is 2.38 bits per heavy atom. The SMILES string of the molecule is COc1c(Cl)cc(Cl)cc1C=CC(=O)Nc1cc2nn(-c3ccc(Cl)cc3)nc2cc1C. The molecule has 9 heteroatoms. The van der Waals surface area contributed by atoms with Crippen molar-refractivity contribution in [3.63, 3.8) is 0 Å². The molecule has 0 spiro atoms. The summed E-state index contributed by atoms with van der Waals surface area (Å²) in [5, 5.41) is 13.3. The van der Waals surface area contributed by atoms with Gasteiger partial charge in [0, 0.05) is 27.4 Å². The van der Waals surface area contributed by atoms with Crippen molar-refractivity contribution in [2.75, 3.05) is 12.4 Å². The molecule has 1 amide bonds. The highest BCUT2D eigenvalue weighted by atomic mass is 35.5. The van der Waals surface area contributed by atoms with Gasteiger partial charge in [-0.05, 0) is 67.1 Å². The van der Waals surface area contributed by atoms with Gasteiger partial charge in [0.25, 0.3) is 0 Å². The lowest BCUT2D eigenvalue weighted by atomic mass is 10.1. The molecule has 0 atom stereocenters. The summed E-state index contributed by atoms with van der Waals surface area (Å²) in [5.74, 6) is 0.118. The van der Waals surface area contributed by atoms with Crippen LogP contribution >= 0.6 is 34.8 Å². The molecule has 1 N–H and O–H groups in total. The van der Waals surface area contributed by atoms with Crippen molar-refractivity contribution in [3.8, 4) is 11.4 Å². The number of methoxy groups -OCH3 is 1. The number of aryl methyl sites for hydroxylation is 1. The van der Waals surface area contributed by atoms with Crippen LogP contribution in [0.4, 0.5) is 5.69 Å². The first kappa shape index (κ1) is 22.1. The van der Waals surface area contributed by atoms with E-state index < -0.39 is 0 Å². The minimum atomic E-state index is -0.323. The Bertz CT molecular complexity index is 1350. The molecular formula is C23H17Cl3N4O2. The third-order valence-electron chi connectivity index (χ3n) is 4.70. The number of benzene rings is 3. The lowest BCUT2D eigenvalue weighted by molar-refractivity contribution is -0.111. The molecule has 162 valence electrons. The first-order valence-electron chi connectivity index (χ1n) is 9.50. The number of rotatable bonds is 5. The maximum Gasteiger partial charge on any atom is 0.248 e. The van der Waals surface area contributed by atoms with Crippen LogP contribution in [0.1, 0.15) is 11.1 Å². The third kappa shape index (κ3) is 4.72. The minimum absolute atomic E-state index is 0.323. The molecule has 32 heavy (non-hydrogen) atoms. The van der Waals surface area contributed by atoms with Crippen molar-refractivity contribution in [2.45, 2.75) is 6.92 Å². The zero-order valence-corrected chi connectivity index (χ0v) is 19.3. The van der Waals surface area contributed by atoms with Crippen LogP contribution < -0.4 is 10.1 Å². The predicted molar refractivity (Wildman–Crippen MR) is 129 cm³/mol. The van der Waals surface area contributed by atoms with Gasteiger partial charge >= 0.3 is 0 Å². The van der Waals surface area contributed by atoms with Crippen LogP contribution in [0, 0.1) is 6.92 Å². The van der Waals surface area contributed by atoms with Gasteiger partial charge in [0.05, 0.1) is 17.8 Å². The second-order valence-electron chi connectivity index (χ2n) is 6.95. The summed E-state index contributed by atoms with van der Waals surface area (Å²) in [5.41, 5.74) is 4.22. The zero-order chi connectivity index (χ0) is 22.8. The smallest absolute Gasteiger partial charge is 0.248 e. The normalized spacial score (nSPS) is 11.3. The Balaban J connectivity index is 1.57. The molecule has 4 aromatic rings. The fourth-order valence-corrected chi connectivity index (χ4v) is 3.86. The Hall–Kier alpha value is -3.06. The average molecular weight is 488 g/mol. The van der Waals surface area contributed by atoms with Gasteiger partial charge in [-0.15, -0.1) is 10.2 Å². The number of amides is 1. The number of nitrogens with one attached hydrogen (secondary N) is 1. The van der Waals surface area contributed by atoms with Crippen molar-refractivity contribution < 1.29 is 9.53 Å². The molecule has 0 radical (unpaired) electrons. The van der Waals surface area contributed by atoms with Crippen LogP contribution in [0.25, 0.3) is 22.8 Å². The number of fused-ring (bicyclic) bond motifs is 1. The topological polar surface area (TPSA) is 69.0 Å². The molecule has 0 fully saturated rings. The highest BCUT2D eigenvalue weighted by Crippen LogP contribution is 2.33. The van der Waals surface area contributed by atoms with Gasteiger partial charge in [-0.25, -0.2) is 0 Å². The van der Waals surface area contributed by atoms with E-state index in [1.165, 1.54) is 18.0 Å². The number of halogens is 3. The highest BCUT2D eigenvalue weighted by molar-refractivity contribution is 6.36. The van der Waals surface area contributed by atoms with Crippen molar-refractivity contribution in [3.05, 3.63) is 80.8 Å². The zero-order valence-electron chi connectivity index (χ0n) is 17.1. The van der Waals surface area contributed by atoms with Crippen LogP contribution in [0.15, 0.2) is 54.6 Å². The molecular weight excluding hydrogens is 471 g/mol. The molecule has 0 unspecified atom stereocenters. The summed E-state index contributed by atoms with van der Waals surface area (Å²) in [6, 6.07) is 14.1. The number of anilines is 1. The van der Waals surface area contributed by atoms with Gasteiger partial charge in [0.15, 0.2) is 0 Å². The lowest BCUT2D eigenvalue weighted by Crippen LogP contribution is -2.09. The third-order valence-corrected chi connectivity index (χ3v) is 5.45. The fraction of sp³-hybridized carbons (Fsp3) is 0.0870. The molecule has 3 aromatic carbocycles. The van der Waals surface area contributed by atoms with Gasteiger partial charge in [-0.2, -0.15) is 4.80 Å². The molecule has 0 saturated heterocycles. The standard InChI is InChI=1S/C23H17Cl3N4O2/c1-13-9-20-21(29-30(28-20)17-6-4-15(24)5-7-17)12-19(13)27-22(31)8-3-14-10-16(25)11-18(26)23(14)32-2/h3-12H,1-2H3,(H,27,31). The Morgan fingerprint density at radius 1 is 1.00 bits per heavy atom. The van der Waals surface area contributed by atoms with Gasteiger partial charge < -0.3 is 10.1 Å². The van der Waals surface area contributed by atoms with E-state index in [-0.39, 0.29) is 5.91 Å². The Labute approximate surface area is 199 Å². The van der Waals surface area contributed by atoms with E-state index in [1.807, 2.05) is 25.1 Å². The molecule has 4 rings (SSSR count). The van der Waals surface area contributed by atoms with Crippen LogP contribution in [0.2, 0.25) is 15.1 Å². The van der Waals surface area contributed by atoms with E-state index in [0.29, 0.717) is 43.1 Å². The largest absolute Gasteiger partial charge is 0.495 e. The van der Waals surface area contributed by atoms with Gasteiger partial charge in [-0.1, -0.05) is 34.8 Å². The summed E-state index contributed by atoms with van der Waals surface area (Å²) in [6.45, 7) is 1.89. The fourth-order valence-electron chi connectivity index (χ4n) is 3.15. The molecule has 0 aliphatic heterocycles. The number of nitrogens with zero attached hydrogens (tertiary/aromatic N) is 3. The summed E-state index contributed by atoms with van der Waals surface area (Å²) in [4.78, 5) is 14.1. The quantitative estimate of drug-likeness (QED) is 0.333. The van der Waals surface area contributed by atoms with Crippen molar-refractivity contribution in [2.24, 2.45) is 0 Å². The van der Waals surface area contributed by atoms with E-state index >= 15 is 0 Å². The highest BCUT2D eigenvalue weighted by Gasteiger charge is 2.11. The number of aromatic nitrogens is 3. The summed E-state index contributed by atoms with van der Waals surface area (Å²) in [7, 11) is 1.50. The Kier molecular flexibility index (Phi) is 6.37. The molecule has 0 saturated carbocycles. The molecule has 0 aliphatic carbocycles. The van der Waals surface area contributed by atoms with E-state index in [9.17, 15) is 4.79 Å². The molecule has 1 aromatic heterocycles. The van der Waals surface area contributed by atoms with Crippen molar-refractivity contribution in [1.82, 2.24) is 15.0 Å². The summed E-state index contributed by atoms with van der Waals surface area (Å²) < 4.78 is 5.30. The first-order valence-corrected chi connectivity index (χ1v) is 10.6. The van der Waals surface area contributed by atoms with Gasteiger partial charge in [-0.3, -0.25) is 4.79 Å². The summed E-state index contributed by atoms with van der Waals surface area (Å²) >= 11 is 18.2. The van der Waals surface area contributed by atoms with Gasteiger partial charge in [0.1, 0.15) is 16.8 Å². The maximum absolute atomic E-state index is 12.5.